The van der Waals surface area contributed by atoms with Crippen molar-refractivity contribution in [1.82, 2.24) is 14.7 Å². The standard InChI is InChI=1S/C11H16N4O/c1-5-7-15(6-2)11(16)12-10-8-9(3)13-14(10)4/h1,8H,6-7H2,2-4H3,(H,12,16). The van der Waals surface area contributed by atoms with Gasteiger partial charge in [-0.3, -0.25) is 10.00 Å². The lowest BCUT2D eigenvalue weighted by atomic mass is 10.4. The highest BCUT2D eigenvalue weighted by atomic mass is 16.2. The third-order valence-corrected chi connectivity index (χ3v) is 2.19. The van der Waals surface area contributed by atoms with Gasteiger partial charge in [-0.15, -0.1) is 6.42 Å². The molecule has 0 unspecified atom stereocenters. The summed E-state index contributed by atoms with van der Waals surface area (Å²) in [6, 6.07) is 1.60. The van der Waals surface area contributed by atoms with Crippen LogP contribution >= 0.6 is 0 Å². The maximum Gasteiger partial charge on any atom is 0.323 e. The summed E-state index contributed by atoms with van der Waals surface area (Å²) in [7, 11) is 1.78. The largest absolute Gasteiger partial charge is 0.323 e. The van der Waals surface area contributed by atoms with Crippen LogP contribution in [0.3, 0.4) is 0 Å². The number of amides is 2. The van der Waals surface area contributed by atoms with Crippen molar-refractivity contribution < 1.29 is 4.79 Å². The number of terminal acetylenes is 1. The fraction of sp³-hybridized carbons (Fsp3) is 0.455. The second-order valence-electron chi connectivity index (χ2n) is 3.44. The van der Waals surface area contributed by atoms with Crippen molar-refractivity contribution in [2.24, 2.45) is 7.05 Å². The highest BCUT2D eigenvalue weighted by molar-refractivity contribution is 5.88. The second-order valence-corrected chi connectivity index (χ2v) is 3.44. The molecule has 0 atom stereocenters. The molecule has 0 radical (unpaired) electrons. The monoisotopic (exact) mass is 220 g/mol. The lowest BCUT2D eigenvalue weighted by molar-refractivity contribution is 0.220. The molecule has 16 heavy (non-hydrogen) atoms. The minimum absolute atomic E-state index is 0.205. The molecule has 5 nitrogen and oxygen atoms in total. The summed E-state index contributed by atoms with van der Waals surface area (Å²) < 4.78 is 1.62. The summed E-state index contributed by atoms with van der Waals surface area (Å²) in [6.45, 7) is 4.63. The Morgan fingerprint density at radius 1 is 1.75 bits per heavy atom. The fourth-order valence-corrected chi connectivity index (χ4v) is 1.35. The van der Waals surface area contributed by atoms with Crippen LogP contribution in [0.4, 0.5) is 10.6 Å². The first-order valence-corrected chi connectivity index (χ1v) is 5.08. The van der Waals surface area contributed by atoms with Gasteiger partial charge in [0.25, 0.3) is 0 Å². The lowest BCUT2D eigenvalue weighted by Gasteiger charge is -2.18. The molecule has 1 aromatic heterocycles. The number of hydrogen-bond acceptors (Lipinski definition) is 2. The molecule has 0 aliphatic carbocycles. The Labute approximate surface area is 95.4 Å². The maximum absolute atomic E-state index is 11.8. The van der Waals surface area contributed by atoms with Crippen LogP contribution in [0, 0.1) is 19.3 Å². The first-order valence-electron chi connectivity index (χ1n) is 5.08. The van der Waals surface area contributed by atoms with Gasteiger partial charge in [-0.1, -0.05) is 5.92 Å². The van der Waals surface area contributed by atoms with E-state index in [0.29, 0.717) is 18.9 Å². The Kier molecular flexibility index (Phi) is 3.95. The van der Waals surface area contributed by atoms with Crippen molar-refractivity contribution in [2.75, 3.05) is 18.4 Å². The Bertz CT molecular complexity index is 416. The number of aryl methyl sites for hydroxylation is 2. The molecule has 0 saturated heterocycles. The van der Waals surface area contributed by atoms with Gasteiger partial charge in [0.2, 0.25) is 0 Å². The third kappa shape index (κ3) is 2.76. The molecule has 0 aliphatic rings. The summed E-state index contributed by atoms with van der Waals surface area (Å²) in [4.78, 5) is 13.3. The van der Waals surface area contributed by atoms with Crippen LogP contribution in [0.1, 0.15) is 12.6 Å². The highest BCUT2D eigenvalue weighted by Crippen LogP contribution is 2.08. The van der Waals surface area contributed by atoms with Crippen LogP contribution < -0.4 is 5.32 Å². The van der Waals surface area contributed by atoms with Gasteiger partial charge in [-0.2, -0.15) is 5.10 Å². The van der Waals surface area contributed by atoms with Gasteiger partial charge in [-0.25, -0.2) is 4.79 Å². The van der Waals surface area contributed by atoms with Gasteiger partial charge in [-0.05, 0) is 13.8 Å². The summed E-state index contributed by atoms with van der Waals surface area (Å²) in [5.41, 5.74) is 0.859. The van der Waals surface area contributed by atoms with E-state index in [4.69, 9.17) is 6.42 Å². The van der Waals surface area contributed by atoms with Crippen molar-refractivity contribution in [3.05, 3.63) is 11.8 Å². The quantitative estimate of drug-likeness (QED) is 0.778. The van der Waals surface area contributed by atoms with Crippen molar-refractivity contribution in [3.8, 4) is 12.3 Å². The van der Waals surface area contributed by atoms with E-state index in [9.17, 15) is 4.79 Å². The number of hydrogen-bond donors (Lipinski definition) is 1. The van der Waals surface area contributed by atoms with E-state index in [1.807, 2.05) is 19.9 Å². The minimum atomic E-state index is -0.205. The number of anilines is 1. The zero-order valence-corrected chi connectivity index (χ0v) is 9.82. The summed E-state index contributed by atoms with van der Waals surface area (Å²) in [6.07, 6.45) is 5.18. The maximum atomic E-state index is 11.8. The van der Waals surface area contributed by atoms with Gasteiger partial charge >= 0.3 is 6.03 Å². The normalized spacial score (nSPS) is 9.62. The molecule has 86 valence electrons. The molecule has 1 N–H and O–H groups in total. The molecule has 1 heterocycles. The van der Waals surface area contributed by atoms with E-state index in [2.05, 4.69) is 16.3 Å². The van der Waals surface area contributed by atoms with Crippen LogP contribution in [0.5, 0.6) is 0 Å². The molecule has 2 amide bonds. The van der Waals surface area contributed by atoms with Gasteiger partial charge < -0.3 is 4.90 Å². The van der Waals surface area contributed by atoms with Crippen LogP contribution in [0.25, 0.3) is 0 Å². The molecule has 0 fully saturated rings. The zero-order valence-electron chi connectivity index (χ0n) is 9.82. The van der Waals surface area contributed by atoms with Crippen LogP contribution in [0.15, 0.2) is 6.07 Å². The second kappa shape index (κ2) is 5.21. The van der Waals surface area contributed by atoms with Crippen molar-refractivity contribution in [1.29, 1.82) is 0 Å². The molecule has 1 aromatic rings. The van der Waals surface area contributed by atoms with Gasteiger partial charge in [0, 0.05) is 19.7 Å². The van der Waals surface area contributed by atoms with E-state index < -0.39 is 0 Å². The molecular weight excluding hydrogens is 204 g/mol. The Morgan fingerprint density at radius 2 is 2.44 bits per heavy atom. The first kappa shape index (κ1) is 12.1. The number of nitrogens with zero attached hydrogens (tertiary/aromatic N) is 3. The molecule has 0 saturated carbocycles. The topological polar surface area (TPSA) is 50.2 Å². The van der Waals surface area contributed by atoms with Crippen LogP contribution in [-0.2, 0) is 7.05 Å². The smallest absolute Gasteiger partial charge is 0.314 e. The number of rotatable bonds is 3. The van der Waals surface area contributed by atoms with Gasteiger partial charge in [0.1, 0.15) is 5.82 Å². The molecule has 0 bridgehead atoms. The third-order valence-electron chi connectivity index (χ3n) is 2.19. The molecule has 0 aliphatic heterocycles. The number of carbonyl (C=O) groups excluding carboxylic acids is 1. The van der Waals surface area contributed by atoms with Crippen molar-refractivity contribution in [3.63, 3.8) is 0 Å². The van der Waals surface area contributed by atoms with E-state index in [0.717, 1.165) is 5.69 Å². The Hall–Kier alpha value is -1.96. The summed E-state index contributed by atoms with van der Waals surface area (Å²) in [5.74, 6) is 3.11. The SMILES string of the molecule is C#CCN(CC)C(=O)Nc1cc(C)nn1C. The van der Waals surface area contributed by atoms with E-state index >= 15 is 0 Å². The van der Waals surface area contributed by atoms with Crippen LogP contribution in [0.2, 0.25) is 0 Å². The predicted octanol–water partition coefficient (Wildman–Crippen LogP) is 1.22. The van der Waals surface area contributed by atoms with Crippen molar-refractivity contribution in [2.45, 2.75) is 13.8 Å². The molecule has 1 rings (SSSR count). The van der Waals surface area contributed by atoms with E-state index in [1.165, 1.54) is 0 Å². The van der Waals surface area contributed by atoms with Gasteiger partial charge in [0.05, 0.1) is 12.2 Å². The summed E-state index contributed by atoms with van der Waals surface area (Å²) >= 11 is 0. The number of aromatic nitrogens is 2. The lowest BCUT2D eigenvalue weighted by Crippen LogP contribution is -2.35. The number of carbonyl (C=O) groups is 1. The van der Waals surface area contributed by atoms with Crippen LogP contribution in [-0.4, -0.2) is 33.8 Å². The van der Waals surface area contributed by atoms with E-state index in [1.54, 1.807) is 16.6 Å². The number of nitrogens with one attached hydrogen (secondary N) is 1. The predicted molar refractivity (Wildman–Crippen MR) is 63.0 cm³/mol. The average molecular weight is 220 g/mol. The fourth-order valence-electron chi connectivity index (χ4n) is 1.35. The first-order chi connectivity index (χ1) is 7.58. The zero-order chi connectivity index (χ0) is 12.1. The molecule has 0 spiro atoms. The number of urea groups is 1. The molecular formula is C11H16N4O. The minimum Gasteiger partial charge on any atom is -0.314 e. The van der Waals surface area contributed by atoms with E-state index in [-0.39, 0.29) is 6.03 Å². The van der Waals surface area contributed by atoms with Gasteiger partial charge in [0.15, 0.2) is 0 Å². The Morgan fingerprint density at radius 3 is 2.88 bits per heavy atom. The molecule has 5 heteroatoms. The Balaban J connectivity index is 2.70. The highest BCUT2D eigenvalue weighted by Gasteiger charge is 2.12. The molecule has 0 aromatic carbocycles. The average Bonchev–Trinajstić information content (AvgIpc) is 2.53. The summed E-state index contributed by atoms with van der Waals surface area (Å²) in [5, 5.41) is 6.90. The van der Waals surface area contributed by atoms with Crippen molar-refractivity contribution >= 4 is 11.8 Å².